The molecule has 3 saturated heterocycles. The average Bonchev–Trinajstić information content (AvgIpc) is 2.80. The van der Waals surface area contributed by atoms with Gasteiger partial charge in [-0.2, -0.15) is 8.42 Å². The smallest absolute Gasteiger partial charge is 0.350 e. The number of hydrogen-bond acceptors (Lipinski definition) is 9. The van der Waals surface area contributed by atoms with Crippen molar-refractivity contribution in [1.29, 1.82) is 0 Å². The maximum Gasteiger partial charge on any atom is 0.400 e. The summed E-state index contributed by atoms with van der Waals surface area (Å²) >= 11 is 0. The van der Waals surface area contributed by atoms with Crippen LogP contribution < -0.4 is 0 Å². The minimum Gasteiger partial charge on any atom is -0.350 e. The molecule has 2 unspecified atom stereocenters. The van der Waals surface area contributed by atoms with Crippen molar-refractivity contribution in [1.82, 2.24) is 0 Å². The second kappa shape index (κ2) is 7.01. The van der Waals surface area contributed by atoms with Crippen LogP contribution >= 0.6 is 0 Å². The fraction of sp³-hybridized carbons (Fsp3) is 1.00. The molecule has 0 saturated carbocycles. The van der Waals surface area contributed by atoms with Gasteiger partial charge >= 0.3 is 10.4 Å². The number of fused-ring (bicyclic) bond motifs is 2. The molecule has 9 nitrogen and oxygen atoms in total. The van der Waals surface area contributed by atoms with Crippen molar-refractivity contribution in [2.24, 2.45) is 5.92 Å². The van der Waals surface area contributed by atoms with Gasteiger partial charge in [0.15, 0.2) is 18.4 Å². The summed E-state index contributed by atoms with van der Waals surface area (Å²) in [5.41, 5.74) is 0. The van der Waals surface area contributed by atoms with Gasteiger partial charge in [-0.3, -0.25) is 0 Å². The highest BCUT2D eigenvalue weighted by molar-refractivity contribution is 7.81. The highest BCUT2D eigenvalue weighted by Gasteiger charge is 2.58. The summed E-state index contributed by atoms with van der Waals surface area (Å²) in [6, 6.07) is 0. The van der Waals surface area contributed by atoms with E-state index >= 15 is 0 Å². The van der Waals surface area contributed by atoms with Crippen LogP contribution in [0.3, 0.4) is 0 Å². The molecule has 0 spiro atoms. The zero-order valence-electron chi connectivity index (χ0n) is 15.0. The molecule has 146 valence electrons. The van der Waals surface area contributed by atoms with Crippen LogP contribution in [0.4, 0.5) is 0 Å². The third-order valence-electron chi connectivity index (χ3n) is 4.03. The maximum absolute atomic E-state index is 12.2. The van der Waals surface area contributed by atoms with Crippen LogP contribution in [0.1, 0.15) is 34.6 Å². The van der Waals surface area contributed by atoms with Crippen molar-refractivity contribution in [3.05, 3.63) is 0 Å². The summed E-state index contributed by atoms with van der Waals surface area (Å²) in [6.07, 6.45) is -4.22. The van der Waals surface area contributed by atoms with E-state index in [4.69, 9.17) is 32.1 Å². The molecule has 10 heteroatoms. The van der Waals surface area contributed by atoms with E-state index < -0.39 is 53.2 Å². The molecule has 0 N–H and O–H groups in total. The van der Waals surface area contributed by atoms with Crippen molar-refractivity contribution in [3.8, 4) is 0 Å². The van der Waals surface area contributed by atoms with Gasteiger partial charge in [0.25, 0.3) is 0 Å². The quantitative estimate of drug-likeness (QED) is 0.687. The number of hydrogen-bond donors (Lipinski definition) is 0. The van der Waals surface area contributed by atoms with Crippen LogP contribution in [-0.4, -0.2) is 64.4 Å². The fourth-order valence-corrected chi connectivity index (χ4v) is 4.00. The van der Waals surface area contributed by atoms with Crippen molar-refractivity contribution in [2.45, 2.75) is 77.4 Å². The molecule has 25 heavy (non-hydrogen) atoms. The maximum atomic E-state index is 12.2. The lowest BCUT2D eigenvalue weighted by Gasteiger charge is -2.45. The van der Waals surface area contributed by atoms with Gasteiger partial charge in [-0.1, -0.05) is 13.8 Å². The monoisotopic (exact) mass is 382 g/mol. The average molecular weight is 382 g/mol. The first kappa shape index (κ1) is 19.4. The van der Waals surface area contributed by atoms with Gasteiger partial charge in [0.2, 0.25) is 0 Å². The topological polar surface area (TPSA) is 98.8 Å². The lowest BCUT2D eigenvalue weighted by atomic mass is 9.98. The predicted octanol–water partition coefficient (Wildman–Crippen LogP) is 0.927. The highest BCUT2D eigenvalue weighted by Crippen LogP contribution is 2.40. The summed E-state index contributed by atoms with van der Waals surface area (Å²) in [5.74, 6) is -0.891. The Morgan fingerprint density at radius 3 is 2.56 bits per heavy atom. The molecular weight excluding hydrogens is 356 g/mol. The highest BCUT2D eigenvalue weighted by atomic mass is 32.3. The second-order valence-corrected chi connectivity index (χ2v) is 8.54. The van der Waals surface area contributed by atoms with E-state index in [0.717, 1.165) is 0 Å². The van der Waals surface area contributed by atoms with E-state index in [0.29, 0.717) is 0 Å². The summed E-state index contributed by atoms with van der Waals surface area (Å²) in [5, 5.41) is 0. The van der Waals surface area contributed by atoms with Gasteiger partial charge in [-0.25, -0.2) is 8.37 Å². The Kier molecular flexibility index (Phi) is 5.45. The van der Waals surface area contributed by atoms with Crippen molar-refractivity contribution >= 4 is 10.4 Å². The summed E-state index contributed by atoms with van der Waals surface area (Å²) in [4.78, 5) is 0. The first-order valence-electron chi connectivity index (χ1n) is 8.42. The van der Waals surface area contributed by atoms with Crippen LogP contribution in [0.2, 0.25) is 0 Å². The van der Waals surface area contributed by atoms with Gasteiger partial charge in [0, 0.05) is 0 Å². The van der Waals surface area contributed by atoms with E-state index in [9.17, 15) is 8.42 Å². The first-order chi connectivity index (χ1) is 11.6. The van der Waals surface area contributed by atoms with E-state index in [1.54, 1.807) is 20.8 Å². The van der Waals surface area contributed by atoms with Gasteiger partial charge in [-0.05, 0) is 26.7 Å². The normalized spacial score (nSPS) is 40.7. The fourth-order valence-electron chi connectivity index (χ4n) is 3.02. The molecule has 0 aromatic heterocycles. The molecule has 0 aromatic carbocycles. The largest absolute Gasteiger partial charge is 0.400 e. The molecule has 0 aromatic rings. The standard InChI is InChI=1S/C15H26O9S/c1-8(2)6-19-25(16,17)24-12-11-10(7-18-9(3)20-11)21-14-13(12)22-15(4,5)23-14/h8-14H,6-7H2,1-5H3/t9-,10?,11?,12-,13+,14+/m0/s1. The van der Waals surface area contributed by atoms with Gasteiger partial charge in [0.1, 0.15) is 24.4 Å². The van der Waals surface area contributed by atoms with E-state index in [1.807, 2.05) is 13.8 Å². The van der Waals surface area contributed by atoms with Crippen LogP contribution in [0.25, 0.3) is 0 Å². The zero-order chi connectivity index (χ0) is 18.4. The molecular formula is C15H26O9S. The van der Waals surface area contributed by atoms with Gasteiger partial charge in [0.05, 0.1) is 13.2 Å². The molecule has 0 radical (unpaired) electrons. The Morgan fingerprint density at radius 1 is 1.16 bits per heavy atom. The van der Waals surface area contributed by atoms with Crippen molar-refractivity contribution in [2.75, 3.05) is 13.2 Å². The molecule has 0 amide bonds. The Bertz CT molecular complexity index is 574. The van der Waals surface area contributed by atoms with Crippen LogP contribution in [0.5, 0.6) is 0 Å². The Morgan fingerprint density at radius 2 is 1.88 bits per heavy atom. The molecule has 6 atom stereocenters. The minimum atomic E-state index is -4.23. The minimum absolute atomic E-state index is 0.0248. The molecule has 3 heterocycles. The Hall–Kier alpha value is -0.330. The molecule has 3 fully saturated rings. The Labute approximate surface area is 148 Å². The summed E-state index contributed by atoms with van der Waals surface area (Å²) in [6.45, 7) is 9.12. The molecule has 3 aliphatic rings. The molecule has 3 rings (SSSR count). The SMILES string of the molecule is CC(C)COS(=O)(=O)O[C@H]1C2O[C@@H](C)OCC2O[C@@H]2OC(C)(C)O[C@@H]21. The third-order valence-corrected chi connectivity index (χ3v) is 4.91. The summed E-state index contributed by atoms with van der Waals surface area (Å²) in [7, 11) is -4.23. The zero-order valence-corrected chi connectivity index (χ0v) is 15.9. The lowest BCUT2D eigenvalue weighted by Crippen LogP contribution is -2.62. The second-order valence-electron chi connectivity index (χ2n) is 7.29. The van der Waals surface area contributed by atoms with Crippen LogP contribution in [0, 0.1) is 5.92 Å². The van der Waals surface area contributed by atoms with Gasteiger partial charge < -0.3 is 23.7 Å². The van der Waals surface area contributed by atoms with Crippen molar-refractivity contribution in [3.63, 3.8) is 0 Å². The predicted molar refractivity (Wildman–Crippen MR) is 83.6 cm³/mol. The van der Waals surface area contributed by atoms with Crippen molar-refractivity contribution < 1.29 is 40.5 Å². The molecule has 3 aliphatic heterocycles. The van der Waals surface area contributed by atoms with E-state index in [-0.39, 0.29) is 19.1 Å². The van der Waals surface area contributed by atoms with E-state index in [1.165, 1.54) is 0 Å². The molecule has 0 bridgehead atoms. The first-order valence-corrected chi connectivity index (χ1v) is 9.75. The third kappa shape index (κ3) is 4.51. The number of rotatable bonds is 5. The van der Waals surface area contributed by atoms with E-state index in [2.05, 4.69) is 0 Å². The lowest BCUT2D eigenvalue weighted by molar-refractivity contribution is -0.328. The number of ether oxygens (including phenoxy) is 5. The van der Waals surface area contributed by atoms with Crippen LogP contribution in [-0.2, 0) is 42.4 Å². The van der Waals surface area contributed by atoms with Gasteiger partial charge in [-0.15, -0.1) is 0 Å². The Balaban J connectivity index is 1.81. The van der Waals surface area contributed by atoms with Crippen LogP contribution in [0.15, 0.2) is 0 Å². The summed E-state index contributed by atoms with van der Waals surface area (Å²) < 4.78 is 63.2. The molecule has 0 aliphatic carbocycles.